The number of hydrogen-bond donors (Lipinski definition) is 1. The van der Waals surface area contributed by atoms with Gasteiger partial charge in [0.1, 0.15) is 6.61 Å². The topological polar surface area (TPSA) is 74.2 Å². The first-order valence-electron chi connectivity index (χ1n) is 7.23. The zero-order chi connectivity index (χ0) is 14.2. The van der Waals surface area contributed by atoms with Crippen molar-refractivity contribution in [3.8, 4) is 0 Å². The second-order valence-electron chi connectivity index (χ2n) is 4.94. The molecule has 0 amide bonds. The van der Waals surface area contributed by atoms with Gasteiger partial charge in [-0.1, -0.05) is 0 Å². The number of allylic oxidation sites excluding steroid dienone is 1. The summed E-state index contributed by atoms with van der Waals surface area (Å²) in [5, 5.41) is 9.75. The molecule has 20 heavy (non-hydrogen) atoms. The molecule has 0 aliphatic carbocycles. The fraction of sp³-hybridized carbons (Fsp3) is 0.786. The van der Waals surface area contributed by atoms with Crippen LogP contribution in [0.3, 0.4) is 0 Å². The quantitative estimate of drug-likeness (QED) is 0.614. The van der Waals surface area contributed by atoms with Crippen LogP contribution in [0.25, 0.3) is 0 Å². The van der Waals surface area contributed by atoms with Crippen LogP contribution < -0.4 is 0 Å². The lowest BCUT2D eigenvalue weighted by molar-refractivity contribution is -0.206. The van der Waals surface area contributed by atoms with Crippen LogP contribution in [0.2, 0.25) is 0 Å². The smallest absolute Gasteiger partial charge is 0.308 e. The van der Waals surface area contributed by atoms with E-state index in [1.165, 1.54) is 0 Å². The SMILES string of the molecule is O=C1CCCCC(OCC(O)OC2=CCCCCO2)O1. The van der Waals surface area contributed by atoms with E-state index in [1.54, 1.807) is 0 Å². The Bertz CT molecular complexity index is 341. The molecule has 0 aromatic carbocycles. The number of aliphatic hydroxyl groups excluding tert-OH is 1. The summed E-state index contributed by atoms with van der Waals surface area (Å²) >= 11 is 0. The highest BCUT2D eigenvalue weighted by atomic mass is 16.7. The predicted octanol–water partition coefficient (Wildman–Crippen LogP) is 1.82. The van der Waals surface area contributed by atoms with Crippen molar-refractivity contribution in [2.45, 2.75) is 57.5 Å². The summed E-state index contributed by atoms with van der Waals surface area (Å²) in [6, 6.07) is 0. The Morgan fingerprint density at radius 3 is 3.15 bits per heavy atom. The molecule has 2 heterocycles. The van der Waals surface area contributed by atoms with E-state index >= 15 is 0 Å². The molecule has 2 unspecified atom stereocenters. The molecule has 6 heteroatoms. The molecule has 0 spiro atoms. The van der Waals surface area contributed by atoms with E-state index < -0.39 is 12.6 Å². The van der Waals surface area contributed by atoms with Gasteiger partial charge in [-0.25, -0.2) is 0 Å². The number of carbonyl (C=O) groups excluding carboxylic acids is 1. The summed E-state index contributed by atoms with van der Waals surface area (Å²) in [4.78, 5) is 11.3. The van der Waals surface area contributed by atoms with Gasteiger partial charge in [0, 0.05) is 12.8 Å². The highest BCUT2D eigenvalue weighted by molar-refractivity contribution is 5.69. The van der Waals surface area contributed by atoms with E-state index in [0.717, 1.165) is 32.1 Å². The minimum absolute atomic E-state index is 0.0569. The molecule has 2 rings (SSSR count). The number of esters is 1. The third-order valence-electron chi connectivity index (χ3n) is 3.16. The van der Waals surface area contributed by atoms with E-state index in [4.69, 9.17) is 18.9 Å². The van der Waals surface area contributed by atoms with E-state index in [9.17, 15) is 9.90 Å². The molecule has 0 bridgehead atoms. The number of ether oxygens (including phenoxy) is 4. The summed E-state index contributed by atoms with van der Waals surface area (Å²) in [5.74, 6) is 0.0918. The van der Waals surface area contributed by atoms with Gasteiger partial charge in [-0.15, -0.1) is 0 Å². The van der Waals surface area contributed by atoms with Crippen molar-refractivity contribution in [3.05, 3.63) is 12.0 Å². The molecule has 2 aliphatic rings. The largest absolute Gasteiger partial charge is 0.466 e. The van der Waals surface area contributed by atoms with Gasteiger partial charge in [-0.05, 0) is 38.2 Å². The molecule has 0 saturated carbocycles. The highest BCUT2D eigenvalue weighted by Gasteiger charge is 2.21. The van der Waals surface area contributed by atoms with Gasteiger partial charge in [-0.3, -0.25) is 4.79 Å². The van der Waals surface area contributed by atoms with Crippen molar-refractivity contribution in [1.82, 2.24) is 0 Å². The van der Waals surface area contributed by atoms with Crippen LogP contribution in [0.5, 0.6) is 0 Å². The van der Waals surface area contributed by atoms with Gasteiger partial charge < -0.3 is 24.1 Å². The maximum absolute atomic E-state index is 11.3. The number of aliphatic hydroxyl groups is 1. The van der Waals surface area contributed by atoms with Crippen molar-refractivity contribution in [1.29, 1.82) is 0 Å². The molecular weight excluding hydrogens is 264 g/mol. The van der Waals surface area contributed by atoms with Crippen LogP contribution in [-0.4, -0.2) is 36.9 Å². The van der Waals surface area contributed by atoms with Gasteiger partial charge in [0.25, 0.3) is 5.95 Å². The van der Waals surface area contributed by atoms with Gasteiger partial charge in [0.2, 0.25) is 12.6 Å². The average molecular weight is 286 g/mol. The van der Waals surface area contributed by atoms with Gasteiger partial charge >= 0.3 is 5.97 Å². The van der Waals surface area contributed by atoms with Crippen molar-refractivity contribution in [2.75, 3.05) is 13.2 Å². The maximum Gasteiger partial charge on any atom is 0.308 e. The lowest BCUT2D eigenvalue weighted by Gasteiger charge is -2.19. The van der Waals surface area contributed by atoms with Crippen molar-refractivity contribution >= 4 is 5.97 Å². The Balaban J connectivity index is 1.69. The molecule has 114 valence electrons. The summed E-state index contributed by atoms with van der Waals surface area (Å²) in [5.41, 5.74) is 0. The zero-order valence-electron chi connectivity index (χ0n) is 11.6. The molecule has 2 aliphatic heterocycles. The second kappa shape index (κ2) is 8.11. The fourth-order valence-electron chi connectivity index (χ4n) is 2.10. The Labute approximate surface area is 118 Å². The zero-order valence-corrected chi connectivity index (χ0v) is 11.6. The molecule has 1 N–H and O–H groups in total. The van der Waals surface area contributed by atoms with E-state index in [1.807, 2.05) is 6.08 Å². The third-order valence-corrected chi connectivity index (χ3v) is 3.16. The minimum atomic E-state index is -1.12. The van der Waals surface area contributed by atoms with Gasteiger partial charge in [0.15, 0.2) is 0 Å². The highest BCUT2D eigenvalue weighted by Crippen LogP contribution is 2.17. The van der Waals surface area contributed by atoms with E-state index in [0.29, 0.717) is 25.4 Å². The van der Waals surface area contributed by atoms with Crippen LogP contribution >= 0.6 is 0 Å². The van der Waals surface area contributed by atoms with Gasteiger partial charge in [-0.2, -0.15) is 0 Å². The number of cyclic esters (lactones) is 1. The maximum atomic E-state index is 11.3. The Hall–Kier alpha value is -1.27. The van der Waals surface area contributed by atoms with E-state index in [-0.39, 0.29) is 12.6 Å². The molecule has 0 aromatic heterocycles. The van der Waals surface area contributed by atoms with Gasteiger partial charge in [0.05, 0.1) is 6.61 Å². The molecule has 0 aromatic rings. The molecule has 6 nitrogen and oxygen atoms in total. The normalized spacial score (nSPS) is 25.6. The molecule has 0 radical (unpaired) electrons. The van der Waals surface area contributed by atoms with Crippen LogP contribution in [-0.2, 0) is 23.7 Å². The molecule has 1 fully saturated rings. The summed E-state index contributed by atoms with van der Waals surface area (Å²) < 4.78 is 21.1. The molecular formula is C14H22O6. The Morgan fingerprint density at radius 1 is 1.35 bits per heavy atom. The van der Waals surface area contributed by atoms with Crippen molar-refractivity contribution < 1.29 is 28.8 Å². The lowest BCUT2D eigenvalue weighted by Crippen LogP contribution is -2.26. The minimum Gasteiger partial charge on any atom is -0.466 e. The number of rotatable bonds is 5. The predicted molar refractivity (Wildman–Crippen MR) is 69.3 cm³/mol. The summed E-state index contributed by atoms with van der Waals surface area (Å²) in [6.45, 7) is 0.540. The second-order valence-corrected chi connectivity index (χ2v) is 4.94. The monoisotopic (exact) mass is 286 g/mol. The summed E-state index contributed by atoms with van der Waals surface area (Å²) in [7, 11) is 0. The summed E-state index contributed by atoms with van der Waals surface area (Å²) in [6.07, 6.45) is 5.79. The first kappa shape index (κ1) is 15.1. The standard InChI is InChI=1S/C14H22O6/c15-11-6-3-4-8-14(19-11)18-10-12(16)20-13-7-2-1-5-9-17-13/h7,12,14,16H,1-6,8-10H2. The lowest BCUT2D eigenvalue weighted by atomic mass is 10.2. The Morgan fingerprint density at radius 2 is 2.25 bits per heavy atom. The number of hydrogen-bond acceptors (Lipinski definition) is 6. The van der Waals surface area contributed by atoms with Crippen LogP contribution in [0.1, 0.15) is 44.9 Å². The third kappa shape index (κ3) is 5.38. The van der Waals surface area contributed by atoms with Crippen LogP contribution in [0, 0.1) is 0 Å². The van der Waals surface area contributed by atoms with Crippen molar-refractivity contribution in [3.63, 3.8) is 0 Å². The molecule has 2 atom stereocenters. The first-order chi connectivity index (χ1) is 9.74. The average Bonchev–Trinajstić information content (AvgIpc) is 2.79. The first-order valence-corrected chi connectivity index (χ1v) is 7.23. The van der Waals surface area contributed by atoms with Crippen LogP contribution in [0.4, 0.5) is 0 Å². The van der Waals surface area contributed by atoms with E-state index in [2.05, 4.69) is 0 Å². The molecule has 1 saturated heterocycles. The fourth-order valence-corrected chi connectivity index (χ4v) is 2.10. The van der Waals surface area contributed by atoms with Crippen LogP contribution in [0.15, 0.2) is 12.0 Å². The van der Waals surface area contributed by atoms with Crippen molar-refractivity contribution in [2.24, 2.45) is 0 Å². The number of carbonyl (C=O) groups is 1. The Kier molecular flexibility index (Phi) is 6.14.